The topological polar surface area (TPSA) is 18.5 Å². The third kappa shape index (κ3) is 6.20. The fourth-order valence-electron chi connectivity index (χ4n) is 6.70. The smallest absolute Gasteiger partial charge is 0.0156 e. The van der Waals surface area contributed by atoms with Crippen LogP contribution in [0.3, 0.4) is 0 Å². The Hall–Kier alpha value is -0.120. The Bertz CT molecular complexity index is 505. The van der Waals surface area contributed by atoms with Gasteiger partial charge in [0.1, 0.15) is 0 Å². The maximum absolute atomic E-state index is 3.54. The van der Waals surface area contributed by atoms with Crippen LogP contribution in [0, 0.1) is 23.2 Å². The molecule has 0 bridgehead atoms. The van der Waals surface area contributed by atoms with Gasteiger partial charge in [0.15, 0.2) is 0 Å². The van der Waals surface area contributed by atoms with Crippen LogP contribution in [0.5, 0.6) is 0 Å². The molecule has 3 fully saturated rings. The molecule has 0 saturated carbocycles. The maximum Gasteiger partial charge on any atom is 0.0156 e. The minimum absolute atomic E-state index is 0.332. The minimum Gasteiger partial charge on any atom is -0.317 e. The van der Waals surface area contributed by atoms with Gasteiger partial charge in [0.2, 0.25) is 0 Å². The van der Waals surface area contributed by atoms with E-state index in [-0.39, 0.29) is 0 Å². The number of rotatable bonds is 6. The summed E-state index contributed by atoms with van der Waals surface area (Å²) >= 11 is 0. The van der Waals surface area contributed by atoms with E-state index in [1.807, 2.05) is 0 Å². The molecule has 0 spiro atoms. The van der Waals surface area contributed by atoms with Crippen molar-refractivity contribution < 1.29 is 0 Å². The van der Waals surface area contributed by atoms with E-state index in [0.29, 0.717) is 16.5 Å². The molecule has 3 heteroatoms. The van der Waals surface area contributed by atoms with Gasteiger partial charge >= 0.3 is 0 Å². The van der Waals surface area contributed by atoms with Gasteiger partial charge in [0.25, 0.3) is 0 Å². The summed E-state index contributed by atoms with van der Waals surface area (Å²) in [4.78, 5) is 5.53. The molecule has 1 atom stereocenters. The predicted molar refractivity (Wildman–Crippen MR) is 126 cm³/mol. The first-order valence-corrected chi connectivity index (χ1v) is 12.7. The third-order valence-corrected chi connectivity index (χ3v) is 8.75. The van der Waals surface area contributed by atoms with E-state index in [0.717, 1.165) is 17.8 Å². The minimum atomic E-state index is 0.332. The van der Waals surface area contributed by atoms with E-state index in [4.69, 9.17) is 0 Å². The Balaban J connectivity index is 1.45. The van der Waals surface area contributed by atoms with E-state index in [2.05, 4.69) is 63.6 Å². The fourth-order valence-corrected chi connectivity index (χ4v) is 6.70. The molecular formula is C26H51N3. The number of nitrogens with zero attached hydrogens (tertiary/aromatic N) is 2. The van der Waals surface area contributed by atoms with Crippen molar-refractivity contribution in [2.24, 2.45) is 23.2 Å². The highest BCUT2D eigenvalue weighted by Crippen LogP contribution is 2.42. The molecule has 0 aromatic heterocycles. The highest BCUT2D eigenvalue weighted by atomic mass is 15.2. The number of piperidine rings is 2. The van der Waals surface area contributed by atoms with Crippen LogP contribution < -0.4 is 5.32 Å². The average molecular weight is 406 g/mol. The van der Waals surface area contributed by atoms with Gasteiger partial charge in [-0.1, -0.05) is 13.8 Å². The van der Waals surface area contributed by atoms with Crippen LogP contribution in [-0.4, -0.2) is 60.1 Å². The van der Waals surface area contributed by atoms with Gasteiger partial charge < -0.3 is 5.32 Å². The molecule has 1 N–H and O–H groups in total. The summed E-state index contributed by atoms with van der Waals surface area (Å²) in [6, 6.07) is 0. The summed E-state index contributed by atoms with van der Waals surface area (Å²) in [5, 5.41) is 3.54. The zero-order valence-electron chi connectivity index (χ0n) is 20.8. The summed E-state index contributed by atoms with van der Waals surface area (Å²) in [5.41, 5.74) is 1.21. The van der Waals surface area contributed by atoms with Gasteiger partial charge in [-0.15, -0.1) is 0 Å². The lowest BCUT2D eigenvalue weighted by Gasteiger charge is -2.46. The molecule has 0 amide bonds. The van der Waals surface area contributed by atoms with Crippen molar-refractivity contribution in [3.8, 4) is 0 Å². The second-order valence-corrected chi connectivity index (χ2v) is 12.9. The summed E-state index contributed by atoms with van der Waals surface area (Å²) in [5.74, 6) is 2.74. The predicted octanol–water partition coefficient (Wildman–Crippen LogP) is 5.40. The van der Waals surface area contributed by atoms with Crippen molar-refractivity contribution in [2.75, 3.05) is 39.3 Å². The Morgan fingerprint density at radius 2 is 1.24 bits per heavy atom. The Morgan fingerprint density at radius 1 is 0.690 bits per heavy atom. The Labute approximate surface area is 182 Å². The molecular weight excluding hydrogens is 354 g/mol. The van der Waals surface area contributed by atoms with Crippen LogP contribution in [0.15, 0.2) is 0 Å². The molecule has 29 heavy (non-hydrogen) atoms. The highest BCUT2D eigenvalue weighted by Gasteiger charge is 2.38. The summed E-state index contributed by atoms with van der Waals surface area (Å²) in [6.45, 7) is 24.9. The van der Waals surface area contributed by atoms with Crippen LogP contribution >= 0.6 is 0 Å². The molecule has 3 nitrogen and oxygen atoms in total. The first kappa shape index (κ1) is 23.5. The SMILES string of the molecule is CC(C)(CC1CCN(C(C)(C)CC2CCN(C(C)(C)C)C2)CC1)C1CCNCC1. The lowest BCUT2D eigenvalue weighted by atomic mass is 9.68. The normalized spacial score (nSPS) is 27.6. The Kier molecular flexibility index (Phi) is 7.44. The molecule has 3 saturated heterocycles. The lowest BCUT2D eigenvalue weighted by molar-refractivity contribution is 0.0363. The molecule has 0 radical (unpaired) electrons. The third-order valence-electron chi connectivity index (χ3n) is 8.75. The molecule has 170 valence electrons. The zero-order valence-corrected chi connectivity index (χ0v) is 20.8. The largest absolute Gasteiger partial charge is 0.317 e. The molecule has 3 aliphatic heterocycles. The van der Waals surface area contributed by atoms with Gasteiger partial charge in [0, 0.05) is 17.6 Å². The number of hydrogen-bond acceptors (Lipinski definition) is 3. The molecule has 3 rings (SSSR count). The van der Waals surface area contributed by atoms with E-state index < -0.39 is 0 Å². The molecule has 0 aromatic rings. The van der Waals surface area contributed by atoms with Crippen LogP contribution in [0.1, 0.15) is 93.4 Å². The van der Waals surface area contributed by atoms with E-state index >= 15 is 0 Å². The summed E-state index contributed by atoms with van der Waals surface area (Å²) in [6.07, 6.45) is 9.78. The quantitative estimate of drug-likeness (QED) is 0.638. The van der Waals surface area contributed by atoms with Crippen molar-refractivity contribution in [3.63, 3.8) is 0 Å². The van der Waals surface area contributed by atoms with Crippen LogP contribution in [-0.2, 0) is 0 Å². The fraction of sp³-hybridized carbons (Fsp3) is 1.00. The number of likely N-dealkylation sites (tertiary alicyclic amines) is 2. The molecule has 3 heterocycles. The van der Waals surface area contributed by atoms with E-state index in [1.54, 1.807) is 0 Å². The average Bonchev–Trinajstić information content (AvgIpc) is 3.11. The molecule has 0 aromatic carbocycles. The summed E-state index contributed by atoms with van der Waals surface area (Å²) < 4.78 is 0. The van der Waals surface area contributed by atoms with Gasteiger partial charge in [-0.05, 0) is 135 Å². The molecule has 0 aliphatic carbocycles. The second-order valence-electron chi connectivity index (χ2n) is 12.9. The zero-order chi connectivity index (χ0) is 21.3. The van der Waals surface area contributed by atoms with E-state index in [1.165, 1.54) is 84.2 Å². The van der Waals surface area contributed by atoms with Crippen molar-refractivity contribution in [3.05, 3.63) is 0 Å². The monoisotopic (exact) mass is 405 g/mol. The molecule has 1 unspecified atom stereocenters. The van der Waals surface area contributed by atoms with Gasteiger partial charge in [0.05, 0.1) is 0 Å². The van der Waals surface area contributed by atoms with Crippen LogP contribution in [0.4, 0.5) is 0 Å². The van der Waals surface area contributed by atoms with Crippen molar-refractivity contribution >= 4 is 0 Å². The van der Waals surface area contributed by atoms with Crippen molar-refractivity contribution in [1.82, 2.24) is 15.1 Å². The first-order chi connectivity index (χ1) is 13.5. The van der Waals surface area contributed by atoms with Crippen molar-refractivity contribution in [2.45, 2.75) is 104 Å². The van der Waals surface area contributed by atoms with E-state index in [9.17, 15) is 0 Å². The maximum atomic E-state index is 3.54. The van der Waals surface area contributed by atoms with Gasteiger partial charge in [-0.3, -0.25) is 9.80 Å². The van der Waals surface area contributed by atoms with Crippen LogP contribution in [0.2, 0.25) is 0 Å². The first-order valence-electron chi connectivity index (χ1n) is 12.7. The standard InChI is InChI=1S/C26H51N3/c1-24(2,3)29-17-12-22(20-29)19-26(6,7)28-15-10-21(11-16-28)18-25(4,5)23-8-13-27-14-9-23/h21-23,27H,8-20H2,1-7H3. The Morgan fingerprint density at radius 3 is 1.79 bits per heavy atom. The van der Waals surface area contributed by atoms with Crippen molar-refractivity contribution in [1.29, 1.82) is 0 Å². The van der Waals surface area contributed by atoms with Gasteiger partial charge in [-0.2, -0.15) is 0 Å². The summed E-state index contributed by atoms with van der Waals surface area (Å²) in [7, 11) is 0. The number of nitrogens with one attached hydrogen (secondary N) is 1. The van der Waals surface area contributed by atoms with Gasteiger partial charge in [-0.25, -0.2) is 0 Å². The second kappa shape index (κ2) is 9.17. The highest BCUT2D eigenvalue weighted by molar-refractivity contribution is 4.93. The molecule has 3 aliphatic rings. The number of hydrogen-bond donors (Lipinski definition) is 1. The van der Waals surface area contributed by atoms with Crippen LogP contribution in [0.25, 0.3) is 0 Å². The lowest BCUT2D eigenvalue weighted by Crippen LogP contribution is -2.50.